The summed E-state index contributed by atoms with van der Waals surface area (Å²) in [6, 6.07) is 10.4. The molecule has 104 valence electrons. The van der Waals surface area contributed by atoms with E-state index in [1.807, 2.05) is 6.07 Å². The molecular formula is C17H23BrO. The van der Waals surface area contributed by atoms with Gasteiger partial charge >= 0.3 is 0 Å². The summed E-state index contributed by atoms with van der Waals surface area (Å²) < 4.78 is 6.10. The molecule has 0 amide bonds. The fraction of sp³-hybridized carbons (Fsp3) is 0.529. The predicted octanol–water partition coefficient (Wildman–Crippen LogP) is 4.96. The van der Waals surface area contributed by atoms with Crippen LogP contribution in [0.2, 0.25) is 0 Å². The normalized spacial score (nSPS) is 23.5. The van der Waals surface area contributed by atoms with Gasteiger partial charge in [0.15, 0.2) is 0 Å². The first-order chi connectivity index (χ1) is 9.20. The smallest absolute Gasteiger partial charge is 0.0798 e. The molecule has 0 unspecified atom stereocenters. The monoisotopic (exact) mass is 322 g/mol. The number of benzene rings is 1. The number of hydrogen-bond acceptors (Lipinski definition) is 1. The maximum Gasteiger partial charge on any atom is 0.0798 e. The summed E-state index contributed by atoms with van der Waals surface area (Å²) in [7, 11) is 0. The molecule has 19 heavy (non-hydrogen) atoms. The first-order valence-electron chi connectivity index (χ1n) is 7.12. The highest BCUT2D eigenvalue weighted by Crippen LogP contribution is 2.31. The van der Waals surface area contributed by atoms with E-state index in [0.29, 0.717) is 12.5 Å². The fourth-order valence-corrected chi connectivity index (χ4v) is 3.16. The van der Waals surface area contributed by atoms with E-state index >= 15 is 0 Å². The summed E-state index contributed by atoms with van der Waals surface area (Å²) in [5.74, 6) is 1.44. The second-order valence-corrected chi connectivity index (χ2v) is 6.21. The van der Waals surface area contributed by atoms with E-state index in [2.05, 4.69) is 60.1 Å². The Hall–Kier alpha value is -0.600. The largest absolute Gasteiger partial charge is 0.369 e. The molecule has 2 rings (SSSR count). The average molecular weight is 323 g/mol. The zero-order valence-electron chi connectivity index (χ0n) is 11.8. The highest BCUT2D eigenvalue weighted by Gasteiger charge is 2.24. The van der Waals surface area contributed by atoms with Crippen LogP contribution in [0.1, 0.15) is 32.3 Å². The van der Waals surface area contributed by atoms with Crippen LogP contribution >= 0.6 is 15.9 Å². The first-order valence-corrected chi connectivity index (χ1v) is 8.25. The van der Waals surface area contributed by atoms with Crippen molar-refractivity contribution in [2.75, 3.05) is 5.33 Å². The van der Waals surface area contributed by atoms with Gasteiger partial charge < -0.3 is 4.74 Å². The number of ether oxygens (including phenoxy) is 1. The molecule has 1 nitrogen and oxygen atoms in total. The zero-order chi connectivity index (χ0) is 13.7. The maximum absolute atomic E-state index is 6.10. The minimum Gasteiger partial charge on any atom is -0.369 e. The van der Waals surface area contributed by atoms with E-state index in [9.17, 15) is 0 Å². The van der Waals surface area contributed by atoms with Crippen LogP contribution in [0, 0.1) is 11.8 Å². The minimum absolute atomic E-state index is 0.287. The average Bonchev–Trinajstić information content (AvgIpc) is 2.45. The van der Waals surface area contributed by atoms with Crippen molar-refractivity contribution in [3.8, 4) is 0 Å². The van der Waals surface area contributed by atoms with Crippen molar-refractivity contribution in [2.24, 2.45) is 11.8 Å². The number of allylic oxidation sites excluding steroid dienone is 1. The van der Waals surface area contributed by atoms with Gasteiger partial charge in [-0.3, -0.25) is 0 Å². The number of halogens is 1. The van der Waals surface area contributed by atoms with Gasteiger partial charge in [0.2, 0.25) is 0 Å². The van der Waals surface area contributed by atoms with Crippen molar-refractivity contribution in [1.82, 2.24) is 0 Å². The Bertz CT molecular complexity index is 411. The van der Waals surface area contributed by atoms with Crippen molar-refractivity contribution in [3.05, 3.63) is 47.5 Å². The summed E-state index contributed by atoms with van der Waals surface area (Å²) >= 11 is 3.61. The van der Waals surface area contributed by atoms with Gasteiger partial charge in [0.25, 0.3) is 0 Å². The van der Waals surface area contributed by atoms with Gasteiger partial charge in [0, 0.05) is 5.33 Å². The van der Waals surface area contributed by atoms with E-state index in [4.69, 9.17) is 4.74 Å². The van der Waals surface area contributed by atoms with Gasteiger partial charge in [0.1, 0.15) is 0 Å². The summed E-state index contributed by atoms with van der Waals surface area (Å²) in [4.78, 5) is 0. The number of alkyl halides is 1. The maximum atomic E-state index is 6.10. The molecule has 0 spiro atoms. The van der Waals surface area contributed by atoms with Crippen molar-refractivity contribution < 1.29 is 4.74 Å². The molecule has 0 aromatic heterocycles. The van der Waals surface area contributed by atoms with Gasteiger partial charge in [0.05, 0.1) is 12.7 Å². The quantitative estimate of drug-likeness (QED) is 0.550. The SMILES string of the molecule is CC(C)[C@@H]1C=C(CBr)[C@@H](OCc2ccccc2)CC1. The number of rotatable bonds is 5. The van der Waals surface area contributed by atoms with Gasteiger partial charge in [-0.1, -0.05) is 66.2 Å². The molecular weight excluding hydrogens is 300 g/mol. The van der Waals surface area contributed by atoms with E-state index in [1.165, 1.54) is 17.6 Å². The Labute approximate surface area is 125 Å². The lowest BCUT2D eigenvalue weighted by Crippen LogP contribution is -2.25. The Balaban J connectivity index is 1.95. The molecule has 0 bridgehead atoms. The summed E-state index contributed by atoms with van der Waals surface area (Å²) in [5, 5.41) is 0.926. The molecule has 0 heterocycles. The summed E-state index contributed by atoms with van der Waals surface area (Å²) in [6.07, 6.45) is 5.11. The second-order valence-electron chi connectivity index (χ2n) is 5.65. The van der Waals surface area contributed by atoms with Crippen molar-refractivity contribution >= 4 is 15.9 Å². The molecule has 0 aliphatic heterocycles. The van der Waals surface area contributed by atoms with Crippen molar-refractivity contribution in [1.29, 1.82) is 0 Å². The van der Waals surface area contributed by atoms with Gasteiger partial charge in [-0.2, -0.15) is 0 Å². The third-order valence-electron chi connectivity index (χ3n) is 3.91. The predicted molar refractivity (Wildman–Crippen MR) is 84.5 cm³/mol. The van der Waals surface area contributed by atoms with E-state index in [0.717, 1.165) is 17.7 Å². The Morgan fingerprint density at radius 2 is 1.95 bits per heavy atom. The molecule has 1 aromatic carbocycles. The molecule has 0 saturated carbocycles. The van der Waals surface area contributed by atoms with Crippen LogP contribution in [-0.2, 0) is 11.3 Å². The van der Waals surface area contributed by atoms with E-state index in [1.54, 1.807) is 0 Å². The molecule has 1 aliphatic rings. The van der Waals surface area contributed by atoms with Gasteiger partial charge in [-0.25, -0.2) is 0 Å². The van der Waals surface area contributed by atoms with Crippen LogP contribution in [-0.4, -0.2) is 11.4 Å². The first kappa shape index (κ1) is 14.8. The van der Waals surface area contributed by atoms with Crippen LogP contribution in [0.4, 0.5) is 0 Å². The van der Waals surface area contributed by atoms with Crippen LogP contribution in [0.5, 0.6) is 0 Å². The Morgan fingerprint density at radius 3 is 2.58 bits per heavy atom. The molecule has 0 fully saturated rings. The fourth-order valence-electron chi connectivity index (χ4n) is 2.61. The van der Waals surface area contributed by atoms with Crippen LogP contribution in [0.25, 0.3) is 0 Å². The third kappa shape index (κ3) is 4.19. The second kappa shape index (κ2) is 7.25. The molecule has 0 N–H and O–H groups in total. The summed E-state index contributed by atoms with van der Waals surface area (Å²) in [5.41, 5.74) is 2.67. The zero-order valence-corrected chi connectivity index (χ0v) is 13.4. The number of hydrogen-bond donors (Lipinski definition) is 0. The van der Waals surface area contributed by atoms with Gasteiger partial charge in [-0.15, -0.1) is 0 Å². The van der Waals surface area contributed by atoms with E-state index < -0.39 is 0 Å². The minimum atomic E-state index is 0.287. The lowest BCUT2D eigenvalue weighted by Gasteiger charge is -2.30. The van der Waals surface area contributed by atoms with Crippen LogP contribution < -0.4 is 0 Å². The van der Waals surface area contributed by atoms with Crippen LogP contribution in [0.3, 0.4) is 0 Å². The molecule has 1 aromatic rings. The Morgan fingerprint density at radius 1 is 1.21 bits per heavy atom. The molecule has 1 aliphatic carbocycles. The highest BCUT2D eigenvalue weighted by atomic mass is 79.9. The van der Waals surface area contributed by atoms with E-state index in [-0.39, 0.29) is 6.10 Å². The van der Waals surface area contributed by atoms with Crippen molar-refractivity contribution in [2.45, 2.75) is 39.4 Å². The Kier molecular flexibility index (Phi) is 5.65. The lowest BCUT2D eigenvalue weighted by atomic mass is 9.82. The van der Waals surface area contributed by atoms with Crippen LogP contribution in [0.15, 0.2) is 42.0 Å². The van der Waals surface area contributed by atoms with Gasteiger partial charge in [-0.05, 0) is 35.8 Å². The highest BCUT2D eigenvalue weighted by molar-refractivity contribution is 9.09. The third-order valence-corrected chi connectivity index (χ3v) is 4.56. The topological polar surface area (TPSA) is 9.23 Å². The van der Waals surface area contributed by atoms with Crippen molar-refractivity contribution in [3.63, 3.8) is 0 Å². The molecule has 0 saturated heterocycles. The summed E-state index contributed by atoms with van der Waals surface area (Å²) in [6.45, 7) is 5.32. The molecule has 0 radical (unpaired) electrons. The molecule has 2 atom stereocenters. The standard InChI is InChI=1S/C17H23BrO/c1-13(2)15-8-9-17(16(10-15)11-18)19-12-14-6-4-3-5-7-14/h3-7,10,13,15,17H,8-9,11-12H2,1-2H3/t15-,17-/m0/s1. The molecule has 2 heteroatoms. The lowest BCUT2D eigenvalue weighted by molar-refractivity contribution is 0.0492.